The van der Waals surface area contributed by atoms with Crippen LogP contribution in [0.3, 0.4) is 0 Å². The quantitative estimate of drug-likeness (QED) is 0.806. The summed E-state index contributed by atoms with van der Waals surface area (Å²) in [5, 5.41) is 0. The van der Waals surface area contributed by atoms with Crippen LogP contribution in [0.1, 0.15) is 53.6 Å². The Bertz CT molecular complexity index is 546. The maximum Gasteiger partial charge on any atom is 0.253 e. The molecule has 0 aromatic heterocycles. The summed E-state index contributed by atoms with van der Waals surface area (Å²) in [6.07, 6.45) is 5.97. The van der Waals surface area contributed by atoms with Crippen LogP contribution in [0.25, 0.3) is 0 Å². The van der Waals surface area contributed by atoms with Crippen molar-refractivity contribution in [3.05, 3.63) is 34.9 Å². The molecule has 2 N–H and O–H groups in total. The average Bonchev–Trinajstić information content (AvgIpc) is 2.45. The minimum absolute atomic E-state index is 0.132. The monoisotopic (exact) mass is 284 g/mol. The zero-order valence-corrected chi connectivity index (χ0v) is 12.8. The van der Waals surface area contributed by atoms with Crippen molar-refractivity contribution in [2.24, 2.45) is 5.73 Å². The van der Waals surface area contributed by atoms with Crippen molar-refractivity contribution in [3.8, 4) is 11.8 Å². The van der Waals surface area contributed by atoms with E-state index < -0.39 is 0 Å². The van der Waals surface area contributed by atoms with Crippen LogP contribution < -0.4 is 5.73 Å². The minimum atomic E-state index is 0.132. The molecule has 1 aliphatic rings. The first-order chi connectivity index (χ1) is 10.2. The van der Waals surface area contributed by atoms with Crippen molar-refractivity contribution >= 4 is 5.91 Å². The van der Waals surface area contributed by atoms with Gasteiger partial charge in [-0.25, -0.2) is 0 Å². The summed E-state index contributed by atoms with van der Waals surface area (Å²) in [6.45, 7) is 4.08. The smallest absolute Gasteiger partial charge is 0.253 e. The number of rotatable bonds is 1. The highest BCUT2D eigenvalue weighted by atomic mass is 16.2. The number of hydrogen-bond acceptors (Lipinski definition) is 2. The number of carbonyl (C=O) groups is 1. The Morgan fingerprint density at radius 1 is 1.19 bits per heavy atom. The van der Waals surface area contributed by atoms with Crippen molar-refractivity contribution in [2.45, 2.75) is 39.0 Å². The summed E-state index contributed by atoms with van der Waals surface area (Å²) < 4.78 is 0. The van der Waals surface area contributed by atoms with Crippen LogP contribution in [0.4, 0.5) is 0 Å². The first kappa shape index (κ1) is 15.6. The Hall–Kier alpha value is -1.79. The highest BCUT2D eigenvalue weighted by Crippen LogP contribution is 2.16. The van der Waals surface area contributed by atoms with Crippen LogP contribution in [0.15, 0.2) is 18.2 Å². The van der Waals surface area contributed by atoms with E-state index in [1.54, 1.807) is 0 Å². The summed E-state index contributed by atoms with van der Waals surface area (Å²) in [5.41, 5.74) is 8.15. The van der Waals surface area contributed by atoms with Crippen molar-refractivity contribution < 1.29 is 4.79 Å². The summed E-state index contributed by atoms with van der Waals surface area (Å²) in [6, 6.07) is 5.78. The van der Waals surface area contributed by atoms with E-state index in [2.05, 4.69) is 11.8 Å². The molecule has 0 atom stereocenters. The molecular formula is C18H24N2O. The molecule has 0 aliphatic carbocycles. The first-order valence-corrected chi connectivity index (χ1v) is 7.81. The fraction of sp³-hybridized carbons (Fsp3) is 0.500. The Kier molecular flexibility index (Phi) is 5.83. The van der Waals surface area contributed by atoms with E-state index in [-0.39, 0.29) is 5.91 Å². The van der Waals surface area contributed by atoms with Gasteiger partial charge in [0.25, 0.3) is 5.91 Å². The predicted octanol–water partition coefficient (Wildman–Crippen LogP) is 2.71. The van der Waals surface area contributed by atoms with Crippen LogP contribution in [0.5, 0.6) is 0 Å². The van der Waals surface area contributed by atoms with Gasteiger partial charge in [-0.2, -0.15) is 0 Å². The second kappa shape index (κ2) is 7.85. The molecule has 1 heterocycles. The third-order valence-corrected chi connectivity index (χ3v) is 3.95. The molecular weight excluding hydrogens is 260 g/mol. The van der Waals surface area contributed by atoms with E-state index in [0.717, 1.165) is 42.6 Å². The number of benzene rings is 1. The van der Waals surface area contributed by atoms with Crippen molar-refractivity contribution in [2.75, 3.05) is 19.6 Å². The minimum Gasteiger partial charge on any atom is -0.339 e. The standard InChI is InChI=1S/C18H24N2O/c1-15-9-10-17(14-16(15)8-7-11-19)18(21)20-12-5-3-2-4-6-13-20/h9-10,14H,2-6,11-13,19H2,1H3. The fourth-order valence-electron chi connectivity index (χ4n) is 2.67. The van der Waals surface area contributed by atoms with Gasteiger partial charge in [0, 0.05) is 24.2 Å². The highest BCUT2D eigenvalue weighted by Gasteiger charge is 2.17. The molecule has 21 heavy (non-hydrogen) atoms. The topological polar surface area (TPSA) is 46.3 Å². The number of nitrogens with zero attached hydrogens (tertiary/aromatic N) is 1. The Labute approximate surface area is 127 Å². The summed E-state index contributed by atoms with van der Waals surface area (Å²) >= 11 is 0. The number of carbonyl (C=O) groups excluding carboxylic acids is 1. The molecule has 0 spiro atoms. The lowest BCUT2D eigenvalue weighted by atomic mass is 10.0. The fourth-order valence-corrected chi connectivity index (χ4v) is 2.67. The van der Waals surface area contributed by atoms with Gasteiger partial charge in [-0.3, -0.25) is 4.79 Å². The lowest BCUT2D eigenvalue weighted by molar-refractivity contribution is 0.0742. The second-order valence-electron chi connectivity index (χ2n) is 5.60. The molecule has 1 aliphatic heterocycles. The molecule has 112 valence electrons. The van der Waals surface area contributed by atoms with E-state index in [9.17, 15) is 4.79 Å². The van der Waals surface area contributed by atoms with Crippen LogP contribution >= 0.6 is 0 Å². The van der Waals surface area contributed by atoms with E-state index in [0.29, 0.717) is 6.54 Å². The van der Waals surface area contributed by atoms with Crippen molar-refractivity contribution in [1.82, 2.24) is 4.90 Å². The molecule has 0 radical (unpaired) electrons. The van der Waals surface area contributed by atoms with Gasteiger partial charge in [0.15, 0.2) is 0 Å². The lowest BCUT2D eigenvalue weighted by Gasteiger charge is -2.25. The van der Waals surface area contributed by atoms with Gasteiger partial charge < -0.3 is 10.6 Å². The molecule has 1 aromatic carbocycles. The molecule has 1 aromatic rings. The molecule has 0 saturated carbocycles. The van der Waals surface area contributed by atoms with Crippen LogP contribution in [-0.4, -0.2) is 30.4 Å². The van der Waals surface area contributed by atoms with Gasteiger partial charge in [-0.1, -0.05) is 37.2 Å². The number of amides is 1. The van der Waals surface area contributed by atoms with Crippen molar-refractivity contribution in [1.29, 1.82) is 0 Å². The van der Waals surface area contributed by atoms with Crippen LogP contribution in [0.2, 0.25) is 0 Å². The molecule has 2 rings (SSSR count). The molecule has 1 fully saturated rings. The summed E-state index contributed by atoms with van der Waals surface area (Å²) in [5.74, 6) is 6.04. The number of likely N-dealkylation sites (tertiary alicyclic amines) is 1. The predicted molar refractivity (Wildman–Crippen MR) is 86.1 cm³/mol. The Balaban J connectivity index is 2.17. The van der Waals surface area contributed by atoms with Gasteiger partial charge in [0.1, 0.15) is 0 Å². The second-order valence-corrected chi connectivity index (χ2v) is 5.60. The zero-order valence-electron chi connectivity index (χ0n) is 12.8. The number of aryl methyl sites for hydroxylation is 1. The van der Waals surface area contributed by atoms with E-state index >= 15 is 0 Å². The maximum atomic E-state index is 12.7. The van der Waals surface area contributed by atoms with Gasteiger partial charge in [-0.15, -0.1) is 0 Å². The average molecular weight is 284 g/mol. The Morgan fingerprint density at radius 3 is 2.52 bits per heavy atom. The molecule has 3 nitrogen and oxygen atoms in total. The third kappa shape index (κ3) is 4.34. The highest BCUT2D eigenvalue weighted by molar-refractivity contribution is 5.94. The lowest BCUT2D eigenvalue weighted by Crippen LogP contribution is -2.33. The van der Waals surface area contributed by atoms with Crippen LogP contribution in [0, 0.1) is 18.8 Å². The largest absolute Gasteiger partial charge is 0.339 e. The third-order valence-electron chi connectivity index (χ3n) is 3.95. The Morgan fingerprint density at radius 2 is 1.86 bits per heavy atom. The van der Waals surface area contributed by atoms with Gasteiger partial charge >= 0.3 is 0 Å². The number of nitrogens with two attached hydrogens (primary N) is 1. The summed E-state index contributed by atoms with van der Waals surface area (Å²) in [7, 11) is 0. The molecule has 1 amide bonds. The molecule has 0 bridgehead atoms. The van der Waals surface area contributed by atoms with Gasteiger partial charge in [0.2, 0.25) is 0 Å². The van der Waals surface area contributed by atoms with Crippen LogP contribution in [-0.2, 0) is 0 Å². The summed E-state index contributed by atoms with van der Waals surface area (Å²) in [4.78, 5) is 14.6. The molecule has 0 unspecified atom stereocenters. The van der Waals surface area contributed by atoms with E-state index in [1.807, 2.05) is 30.0 Å². The number of hydrogen-bond donors (Lipinski definition) is 1. The zero-order chi connectivity index (χ0) is 15.1. The van der Waals surface area contributed by atoms with E-state index in [1.165, 1.54) is 19.3 Å². The van der Waals surface area contributed by atoms with Gasteiger partial charge in [-0.05, 0) is 37.5 Å². The van der Waals surface area contributed by atoms with E-state index in [4.69, 9.17) is 5.73 Å². The molecule has 1 saturated heterocycles. The van der Waals surface area contributed by atoms with Gasteiger partial charge in [0.05, 0.1) is 6.54 Å². The maximum absolute atomic E-state index is 12.7. The SMILES string of the molecule is Cc1ccc(C(=O)N2CCCCCCC2)cc1C#CCN. The normalized spacial score (nSPS) is 15.6. The molecule has 3 heteroatoms. The van der Waals surface area contributed by atoms with Crippen molar-refractivity contribution in [3.63, 3.8) is 0 Å². The first-order valence-electron chi connectivity index (χ1n) is 7.81.